The van der Waals surface area contributed by atoms with E-state index in [2.05, 4.69) is 9.24 Å². The van der Waals surface area contributed by atoms with Crippen LogP contribution in [0.4, 0.5) is 0 Å². The third-order valence-corrected chi connectivity index (χ3v) is 0. The maximum absolute atomic E-state index is 2.42. The van der Waals surface area contributed by atoms with Gasteiger partial charge < -0.3 is 0 Å². The van der Waals surface area contributed by atoms with Crippen LogP contribution in [0, 0.1) is 0 Å². The maximum atomic E-state index is 2.42. The third-order valence-electron chi connectivity index (χ3n) is 0. The molecule has 0 saturated heterocycles. The Morgan fingerprint density at radius 2 is 1.25 bits per heavy atom. The Bertz CT molecular complexity index is 8.00. The van der Waals surface area contributed by atoms with Gasteiger partial charge in [0.15, 0.2) is 0 Å². The summed E-state index contributed by atoms with van der Waals surface area (Å²) in [7, 11) is 2.42. The van der Waals surface area contributed by atoms with Gasteiger partial charge in [-0.15, -0.1) is 9.24 Å². The van der Waals surface area contributed by atoms with Crippen molar-refractivity contribution in [3.8, 4) is 0 Å². The molecule has 0 heterocycles. The molecule has 31 valence electrons. The molecule has 0 nitrogen and oxygen atoms in total. The van der Waals surface area contributed by atoms with Crippen molar-refractivity contribution in [2.75, 3.05) is 6.66 Å². The first kappa shape index (κ1) is 17.2. The zero-order valence-electron chi connectivity index (χ0n) is 2.59. The van der Waals surface area contributed by atoms with Crippen molar-refractivity contribution >= 4 is 33.1 Å². The van der Waals surface area contributed by atoms with Crippen molar-refractivity contribution < 1.29 is 17.1 Å². The van der Waals surface area contributed by atoms with Crippen LogP contribution in [0.25, 0.3) is 0 Å². The monoisotopic (exact) mass is 233 g/mol. The van der Waals surface area contributed by atoms with E-state index in [0.717, 1.165) is 0 Å². The molecule has 3 heteroatoms. The molecule has 0 saturated carbocycles. The normalized spacial score (nSPS) is 1.50. The van der Waals surface area contributed by atoms with E-state index in [1.54, 1.807) is 0 Å². The van der Waals surface area contributed by atoms with Gasteiger partial charge in [-0.25, -0.2) is 0 Å². The van der Waals surface area contributed by atoms with Gasteiger partial charge in [0, 0.05) is 17.1 Å². The average molecular weight is 232 g/mol. The van der Waals surface area contributed by atoms with Crippen LogP contribution in [0.1, 0.15) is 0 Å². The van der Waals surface area contributed by atoms with Gasteiger partial charge in [-0.3, -0.25) is 0 Å². The SMILES string of the molecule is CP.[Cu].[SnH2]. The molecule has 0 aromatic heterocycles. The Morgan fingerprint density at radius 3 is 1.25 bits per heavy atom. The van der Waals surface area contributed by atoms with Gasteiger partial charge in [0.05, 0.1) is 0 Å². The van der Waals surface area contributed by atoms with Crippen molar-refractivity contribution in [3.63, 3.8) is 0 Å². The summed E-state index contributed by atoms with van der Waals surface area (Å²) in [4.78, 5) is 0. The van der Waals surface area contributed by atoms with Crippen LogP contribution in [0.15, 0.2) is 0 Å². The molecule has 0 aromatic carbocycles. The van der Waals surface area contributed by atoms with E-state index in [4.69, 9.17) is 0 Å². The molecule has 0 aromatic rings. The second-order valence-electron chi connectivity index (χ2n) is 0. The predicted octanol–water partition coefficient (Wildman–Crippen LogP) is -0.427. The second-order valence-corrected chi connectivity index (χ2v) is 0. The first-order valence-electron chi connectivity index (χ1n) is 0.577. The Labute approximate surface area is 56.7 Å². The van der Waals surface area contributed by atoms with Crippen LogP contribution < -0.4 is 0 Å². The fraction of sp³-hybridized carbons (Fsp3) is 1.00. The Balaban J connectivity index is -0.00000000500. The summed E-state index contributed by atoms with van der Waals surface area (Å²) in [6.07, 6.45) is 0. The molecule has 0 amide bonds. The van der Waals surface area contributed by atoms with Gasteiger partial charge in [-0.1, -0.05) is 6.66 Å². The Morgan fingerprint density at radius 1 is 1.25 bits per heavy atom. The van der Waals surface area contributed by atoms with Crippen molar-refractivity contribution in [1.29, 1.82) is 0 Å². The summed E-state index contributed by atoms with van der Waals surface area (Å²) in [6.45, 7) is 1.92. The summed E-state index contributed by atoms with van der Waals surface area (Å²) in [5.74, 6) is 0. The third kappa shape index (κ3) is 9.26. The molecule has 0 N–H and O–H groups in total. The van der Waals surface area contributed by atoms with E-state index in [-0.39, 0.29) is 41.0 Å². The zero-order chi connectivity index (χ0) is 2.00. The molecule has 1 unspecified atom stereocenters. The molecule has 3 radical (unpaired) electrons. The van der Waals surface area contributed by atoms with E-state index in [9.17, 15) is 0 Å². The quantitative estimate of drug-likeness (QED) is 0.393. The van der Waals surface area contributed by atoms with Gasteiger partial charge >= 0.3 is 23.9 Å². The second kappa shape index (κ2) is 21.8. The molecule has 0 fully saturated rings. The van der Waals surface area contributed by atoms with E-state index >= 15 is 0 Å². The number of hydrogen-bond donors (Lipinski definition) is 0. The molecule has 0 spiro atoms. The molecule has 0 aliphatic heterocycles. The van der Waals surface area contributed by atoms with Gasteiger partial charge in [-0.05, 0) is 0 Å². The topological polar surface area (TPSA) is 0 Å². The summed E-state index contributed by atoms with van der Waals surface area (Å²) in [5, 5.41) is 0. The molecule has 4 heavy (non-hydrogen) atoms. The van der Waals surface area contributed by atoms with Crippen molar-refractivity contribution in [3.05, 3.63) is 0 Å². The van der Waals surface area contributed by atoms with Gasteiger partial charge in [0.25, 0.3) is 0 Å². The standard InChI is InChI=1S/CH5P.Cu.Sn.2H/c1-2;;;;/h2H2,1H3;;;;. The zero-order valence-corrected chi connectivity index (χ0v) is 8.72. The number of hydrogen-bond acceptors (Lipinski definition) is 0. The van der Waals surface area contributed by atoms with Crippen LogP contribution in [0.5, 0.6) is 0 Å². The van der Waals surface area contributed by atoms with Crippen LogP contribution in [0.2, 0.25) is 0 Å². The van der Waals surface area contributed by atoms with Crippen molar-refractivity contribution in [1.82, 2.24) is 0 Å². The fourth-order valence-electron chi connectivity index (χ4n) is 0. The molecule has 0 aliphatic carbocycles. The minimum atomic E-state index is 0. The molecular formula is CH7CuPSn. The number of rotatable bonds is 0. The first-order chi connectivity index (χ1) is 1.00. The molecule has 0 rings (SSSR count). The molecule has 0 bridgehead atoms. The van der Waals surface area contributed by atoms with E-state index in [1.807, 2.05) is 6.66 Å². The first-order valence-corrected chi connectivity index (χ1v) is 1.73. The van der Waals surface area contributed by atoms with Crippen molar-refractivity contribution in [2.24, 2.45) is 0 Å². The van der Waals surface area contributed by atoms with Crippen LogP contribution >= 0.6 is 9.24 Å². The van der Waals surface area contributed by atoms with Crippen LogP contribution in [-0.4, -0.2) is 30.6 Å². The molecule has 0 aliphatic rings. The fourth-order valence-corrected chi connectivity index (χ4v) is 0. The van der Waals surface area contributed by atoms with Gasteiger partial charge in [-0.2, -0.15) is 0 Å². The van der Waals surface area contributed by atoms with E-state index in [1.165, 1.54) is 0 Å². The average Bonchev–Trinajstić information content (AvgIpc) is 1.00. The Hall–Kier alpha value is 1.75. The predicted molar refractivity (Wildman–Crippen MR) is 24.2 cm³/mol. The summed E-state index contributed by atoms with van der Waals surface area (Å²) < 4.78 is 0. The van der Waals surface area contributed by atoms with Gasteiger partial charge in [0.1, 0.15) is 0 Å². The summed E-state index contributed by atoms with van der Waals surface area (Å²) >= 11 is 0. The summed E-state index contributed by atoms with van der Waals surface area (Å²) in [5.41, 5.74) is 0. The van der Waals surface area contributed by atoms with E-state index in [0.29, 0.717) is 0 Å². The van der Waals surface area contributed by atoms with Gasteiger partial charge in [0.2, 0.25) is 0 Å². The van der Waals surface area contributed by atoms with Crippen molar-refractivity contribution in [2.45, 2.75) is 0 Å². The molecule has 1 atom stereocenters. The van der Waals surface area contributed by atoms with Crippen LogP contribution in [0.3, 0.4) is 0 Å². The minimum absolute atomic E-state index is 0. The van der Waals surface area contributed by atoms with Crippen LogP contribution in [-0.2, 0) is 17.1 Å². The Kier molecular flexibility index (Phi) is 93.6. The summed E-state index contributed by atoms with van der Waals surface area (Å²) in [6, 6.07) is 0. The van der Waals surface area contributed by atoms with E-state index < -0.39 is 0 Å². The molecular weight excluding hydrogens is 225 g/mol.